The predicted octanol–water partition coefficient (Wildman–Crippen LogP) is 2.14. The molecule has 0 unspecified atom stereocenters. The first-order chi connectivity index (χ1) is 9.81. The summed E-state index contributed by atoms with van der Waals surface area (Å²) < 4.78 is 1.97. The van der Waals surface area contributed by atoms with Crippen molar-refractivity contribution in [1.29, 1.82) is 0 Å². The Morgan fingerprint density at radius 3 is 2.95 bits per heavy atom. The highest BCUT2D eigenvalue weighted by Gasteiger charge is 2.06. The molecule has 3 rings (SSSR count). The third-order valence-electron chi connectivity index (χ3n) is 3.30. The molecule has 5 nitrogen and oxygen atoms in total. The summed E-state index contributed by atoms with van der Waals surface area (Å²) in [4.78, 5) is 4.36. The van der Waals surface area contributed by atoms with Crippen molar-refractivity contribution < 1.29 is 0 Å². The van der Waals surface area contributed by atoms with Crippen LogP contribution in [-0.2, 0) is 19.4 Å². The van der Waals surface area contributed by atoms with Gasteiger partial charge in [0.1, 0.15) is 12.2 Å². The number of nitrogens with zero attached hydrogens (tertiary/aromatic N) is 4. The molecule has 0 aliphatic heterocycles. The van der Waals surface area contributed by atoms with E-state index in [1.165, 1.54) is 16.7 Å². The molecular weight excluding hydrogens is 250 g/mol. The molecule has 20 heavy (non-hydrogen) atoms. The van der Waals surface area contributed by atoms with Gasteiger partial charge >= 0.3 is 0 Å². The lowest BCUT2D eigenvalue weighted by molar-refractivity contribution is 0.633. The van der Waals surface area contributed by atoms with E-state index in [-0.39, 0.29) is 0 Å². The molecule has 2 heterocycles. The second-order valence-corrected chi connectivity index (χ2v) is 4.93. The molecule has 0 bridgehead atoms. The zero-order valence-corrected chi connectivity index (χ0v) is 11.5. The maximum absolute atomic E-state index is 4.36. The molecule has 1 aromatic carbocycles. The van der Waals surface area contributed by atoms with E-state index >= 15 is 0 Å². The normalized spacial score (nSPS) is 10.8. The van der Waals surface area contributed by atoms with Crippen molar-refractivity contribution >= 4 is 0 Å². The molecule has 0 amide bonds. The highest BCUT2D eigenvalue weighted by atomic mass is 15.3. The van der Waals surface area contributed by atoms with Gasteiger partial charge in [0, 0.05) is 12.6 Å². The van der Waals surface area contributed by atoms with Gasteiger partial charge in [0.2, 0.25) is 0 Å². The van der Waals surface area contributed by atoms with Crippen LogP contribution in [0, 0.1) is 6.92 Å². The van der Waals surface area contributed by atoms with Gasteiger partial charge in [-0.1, -0.05) is 29.8 Å². The minimum Gasteiger partial charge on any atom is -0.285 e. The molecule has 102 valence electrons. The smallest absolute Gasteiger partial charge is 0.138 e. The minimum atomic E-state index is 0.766. The number of aromatic amines is 1. The molecule has 5 heteroatoms. The number of nitrogens with one attached hydrogen (secondary N) is 1. The summed E-state index contributed by atoms with van der Waals surface area (Å²) in [6.45, 7) is 2.87. The van der Waals surface area contributed by atoms with E-state index in [1.54, 1.807) is 6.33 Å². The maximum Gasteiger partial charge on any atom is 0.138 e. The van der Waals surface area contributed by atoms with Crippen LogP contribution >= 0.6 is 0 Å². The van der Waals surface area contributed by atoms with Gasteiger partial charge in [-0.05, 0) is 24.5 Å². The van der Waals surface area contributed by atoms with Crippen LogP contribution in [0.2, 0.25) is 0 Å². The highest BCUT2D eigenvalue weighted by molar-refractivity contribution is 5.22. The van der Waals surface area contributed by atoms with Crippen molar-refractivity contribution in [1.82, 2.24) is 25.0 Å². The molecule has 0 saturated heterocycles. The van der Waals surface area contributed by atoms with Crippen molar-refractivity contribution in [2.45, 2.75) is 26.3 Å². The summed E-state index contributed by atoms with van der Waals surface area (Å²) in [5.41, 5.74) is 3.71. The molecule has 0 radical (unpaired) electrons. The molecule has 0 atom stereocenters. The molecular formula is C15H17N5. The fourth-order valence-electron chi connectivity index (χ4n) is 2.27. The molecule has 0 saturated carbocycles. The largest absolute Gasteiger partial charge is 0.285 e. The lowest BCUT2D eigenvalue weighted by Gasteiger charge is -2.06. The molecule has 0 aliphatic carbocycles. The van der Waals surface area contributed by atoms with Gasteiger partial charge in [-0.3, -0.25) is 5.10 Å². The molecule has 1 N–H and O–H groups in total. The number of benzene rings is 1. The fraction of sp³-hybridized carbons (Fsp3) is 0.267. The lowest BCUT2D eigenvalue weighted by atomic mass is 10.1. The van der Waals surface area contributed by atoms with Crippen molar-refractivity contribution in [2.75, 3.05) is 0 Å². The average molecular weight is 267 g/mol. The van der Waals surface area contributed by atoms with Crippen LogP contribution in [0.3, 0.4) is 0 Å². The van der Waals surface area contributed by atoms with Crippen molar-refractivity contribution in [3.63, 3.8) is 0 Å². The van der Waals surface area contributed by atoms with E-state index in [0.29, 0.717) is 0 Å². The highest BCUT2D eigenvalue weighted by Crippen LogP contribution is 2.08. The Morgan fingerprint density at radius 2 is 2.15 bits per heavy atom. The topological polar surface area (TPSA) is 59.4 Å². The molecule has 0 aliphatic rings. The number of aryl methyl sites for hydroxylation is 3. The van der Waals surface area contributed by atoms with Gasteiger partial charge < -0.3 is 0 Å². The molecule has 2 aromatic heterocycles. The Morgan fingerprint density at radius 1 is 1.20 bits per heavy atom. The second-order valence-electron chi connectivity index (χ2n) is 4.93. The Kier molecular flexibility index (Phi) is 3.58. The Bertz CT molecular complexity index is 669. The van der Waals surface area contributed by atoms with Gasteiger partial charge in [-0.2, -0.15) is 10.2 Å². The third kappa shape index (κ3) is 2.93. The number of H-pyrrole nitrogens is 1. The van der Waals surface area contributed by atoms with Crippen molar-refractivity contribution in [2.24, 2.45) is 0 Å². The Hall–Kier alpha value is -2.43. The number of hydrogen-bond donors (Lipinski definition) is 1. The van der Waals surface area contributed by atoms with Crippen molar-refractivity contribution in [3.8, 4) is 0 Å². The number of rotatable bonds is 5. The van der Waals surface area contributed by atoms with E-state index in [2.05, 4.69) is 51.5 Å². The predicted molar refractivity (Wildman–Crippen MR) is 76.3 cm³/mol. The summed E-state index contributed by atoms with van der Waals surface area (Å²) in [5.74, 6) is 1.01. The van der Waals surface area contributed by atoms with Crippen LogP contribution in [0.1, 0.15) is 22.5 Å². The van der Waals surface area contributed by atoms with E-state index in [0.717, 1.165) is 25.2 Å². The first-order valence-electron chi connectivity index (χ1n) is 6.71. The number of aromatic nitrogens is 5. The monoisotopic (exact) mass is 267 g/mol. The van der Waals surface area contributed by atoms with Gasteiger partial charge in [0.05, 0.1) is 12.7 Å². The van der Waals surface area contributed by atoms with Crippen LogP contribution in [0.4, 0.5) is 0 Å². The van der Waals surface area contributed by atoms with E-state index in [9.17, 15) is 0 Å². The summed E-state index contributed by atoms with van der Waals surface area (Å²) in [6.07, 6.45) is 7.18. The summed E-state index contributed by atoms with van der Waals surface area (Å²) >= 11 is 0. The van der Waals surface area contributed by atoms with Gasteiger partial charge in [-0.15, -0.1) is 0 Å². The Balaban J connectivity index is 1.70. The zero-order chi connectivity index (χ0) is 13.8. The van der Waals surface area contributed by atoms with Crippen LogP contribution in [0.15, 0.2) is 43.0 Å². The standard InChI is InChI=1S/C15H17N5/c1-12-3-2-4-13(7-12)10-20-15(16-11-19-20)6-5-14-8-17-18-9-14/h2-4,7-9,11H,5-6,10H2,1H3,(H,17,18). The van der Waals surface area contributed by atoms with Crippen LogP contribution < -0.4 is 0 Å². The summed E-state index contributed by atoms with van der Waals surface area (Å²) in [6, 6.07) is 8.48. The molecule has 3 aromatic rings. The summed E-state index contributed by atoms with van der Waals surface area (Å²) in [7, 11) is 0. The van der Waals surface area contributed by atoms with Crippen LogP contribution in [0.5, 0.6) is 0 Å². The fourth-order valence-corrected chi connectivity index (χ4v) is 2.27. The van der Waals surface area contributed by atoms with Gasteiger partial charge in [0.15, 0.2) is 0 Å². The van der Waals surface area contributed by atoms with Gasteiger partial charge in [0.25, 0.3) is 0 Å². The second kappa shape index (κ2) is 5.69. The quantitative estimate of drug-likeness (QED) is 0.770. The summed E-state index contributed by atoms with van der Waals surface area (Å²) in [5, 5.41) is 11.1. The lowest BCUT2D eigenvalue weighted by Crippen LogP contribution is -2.08. The molecule has 0 fully saturated rings. The Labute approximate surface area is 117 Å². The van der Waals surface area contributed by atoms with E-state index in [4.69, 9.17) is 0 Å². The maximum atomic E-state index is 4.36. The van der Waals surface area contributed by atoms with E-state index in [1.807, 2.05) is 17.1 Å². The van der Waals surface area contributed by atoms with Crippen LogP contribution in [-0.4, -0.2) is 25.0 Å². The zero-order valence-electron chi connectivity index (χ0n) is 11.5. The third-order valence-corrected chi connectivity index (χ3v) is 3.30. The number of hydrogen-bond acceptors (Lipinski definition) is 3. The SMILES string of the molecule is Cc1cccc(Cn2ncnc2CCc2cn[nH]c2)c1. The van der Waals surface area contributed by atoms with Gasteiger partial charge in [-0.25, -0.2) is 9.67 Å². The first-order valence-corrected chi connectivity index (χ1v) is 6.71. The molecule has 0 spiro atoms. The van der Waals surface area contributed by atoms with Crippen molar-refractivity contribution in [3.05, 3.63) is 65.5 Å². The van der Waals surface area contributed by atoms with E-state index < -0.39 is 0 Å². The minimum absolute atomic E-state index is 0.766. The average Bonchev–Trinajstić information content (AvgIpc) is 3.08. The van der Waals surface area contributed by atoms with Crippen LogP contribution in [0.25, 0.3) is 0 Å². The first kappa shape index (κ1) is 12.6.